The summed E-state index contributed by atoms with van der Waals surface area (Å²) in [6.07, 6.45) is -1.48. The molecule has 2 aliphatic rings. The first-order valence-corrected chi connectivity index (χ1v) is 14.5. The summed E-state index contributed by atoms with van der Waals surface area (Å²) in [6.45, 7) is 4.00. The van der Waals surface area contributed by atoms with Crippen molar-refractivity contribution >= 4 is 111 Å². The Morgan fingerprint density at radius 2 is 1.87 bits per heavy atom. The van der Waals surface area contributed by atoms with E-state index >= 15 is 0 Å². The van der Waals surface area contributed by atoms with Gasteiger partial charge in [0.05, 0.1) is 0 Å². The molecule has 4 rings (SSSR count). The number of nitrogens with one attached hydrogen (secondary N) is 1. The van der Waals surface area contributed by atoms with Crippen LogP contribution < -0.4 is 5.32 Å². The number of amides is 2. The van der Waals surface area contributed by atoms with Crippen LogP contribution in [0, 0.1) is 0 Å². The predicted molar refractivity (Wildman–Crippen MR) is 144 cm³/mol. The molecule has 1 aromatic carbocycles. The van der Waals surface area contributed by atoms with E-state index in [1.807, 2.05) is 13.8 Å². The number of tetrazole rings is 1. The molecule has 3 heterocycles. The number of aliphatic carboxylic acids is 1. The van der Waals surface area contributed by atoms with Gasteiger partial charge in [-0.1, -0.05) is 55.9 Å². The molecule has 0 aliphatic carbocycles. The predicted octanol–water partition coefficient (Wildman–Crippen LogP) is -0.653. The van der Waals surface area contributed by atoms with E-state index in [0.29, 0.717) is 11.1 Å². The Hall–Kier alpha value is -0.990. The number of carboxylic acids is 1. The second-order valence-electron chi connectivity index (χ2n) is 7.43. The first kappa shape index (κ1) is 36.0. The van der Waals surface area contributed by atoms with Gasteiger partial charge in [0.25, 0.3) is 21.9 Å². The van der Waals surface area contributed by atoms with Gasteiger partial charge >= 0.3 is 5.97 Å². The van der Waals surface area contributed by atoms with Crippen molar-refractivity contribution in [3.8, 4) is 0 Å². The van der Waals surface area contributed by atoms with E-state index in [0.717, 1.165) is 21.3 Å². The number of fused-ring (bicyclic) bond motifs is 1. The van der Waals surface area contributed by atoms with Crippen LogP contribution in [0.25, 0.3) is 0 Å². The largest absolute Gasteiger partial charge is 0.477 e. The van der Waals surface area contributed by atoms with Crippen LogP contribution in [0.2, 0.25) is 0 Å². The number of aromatic nitrogens is 4. The topological polar surface area (TPSA) is 205 Å². The van der Waals surface area contributed by atoms with Crippen LogP contribution in [0.4, 0.5) is 0 Å². The fraction of sp³-hybridized carbons (Fsp3) is 0.400. The molecule has 2 radical (unpaired) electrons. The van der Waals surface area contributed by atoms with Crippen LogP contribution in [-0.2, 0) is 30.4 Å². The minimum absolute atomic E-state index is 0. The maximum Gasteiger partial charge on any atom is 0.352 e. The number of rotatable bonds is 9. The van der Waals surface area contributed by atoms with Crippen molar-refractivity contribution in [2.24, 2.45) is 0 Å². The van der Waals surface area contributed by atoms with Gasteiger partial charge in [-0.3, -0.25) is 19.0 Å². The Balaban J connectivity index is 0.00000186. The molecule has 14 nitrogen and oxygen atoms in total. The summed E-state index contributed by atoms with van der Waals surface area (Å²) < 4.78 is 32.0. The number of aliphatic hydroxyl groups is 1. The van der Waals surface area contributed by atoms with Crippen molar-refractivity contribution in [3.05, 3.63) is 47.2 Å². The molecule has 2 aromatic rings. The van der Waals surface area contributed by atoms with E-state index in [4.69, 9.17) is 4.55 Å². The van der Waals surface area contributed by atoms with Crippen LogP contribution in [-0.4, -0.2) is 148 Å². The number of benzene rings is 1. The fourth-order valence-corrected chi connectivity index (χ4v) is 6.43. The molecule has 1 fully saturated rings. The van der Waals surface area contributed by atoms with Crippen molar-refractivity contribution < 1.29 is 37.6 Å². The van der Waals surface area contributed by atoms with E-state index in [1.165, 1.54) is 11.8 Å². The maximum atomic E-state index is 12.8. The third-order valence-corrected chi connectivity index (χ3v) is 8.03. The molecule has 2 aliphatic heterocycles. The number of hydrogen-bond donors (Lipinski definition) is 4. The second kappa shape index (κ2) is 15.9. The number of aliphatic hydroxyl groups excluding tert-OH is 1. The van der Waals surface area contributed by atoms with Gasteiger partial charge in [0, 0.05) is 70.6 Å². The zero-order valence-electron chi connectivity index (χ0n) is 21.6. The van der Waals surface area contributed by atoms with Crippen molar-refractivity contribution in [2.75, 3.05) is 11.5 Å². The molecule has 0 saturated carbocycles. The van der Waals surface area contributed by atoms with Gasteiger partial charge in [0.2, 0.25) is 5.16 Å². The van der Waals surface area contributed by atoms with E-state index < -0.39 is 51.3 Å². The number of nitrogens with zero attached hydrogens (tertiary/aromatic N) is 5. The van der Waals surface area contributed by atoms with Crippen LogP contribution in [0.3, 0.4) is 0 Å². The molecule has 3 atom stereocenters. The van der Waals surface area contributed by atoms with E-state index in [2.05, 4.69) is 20.8 Å². The summed E-state index contributed by atoms with van der Waals surface area (Å²) >= 11 is 2.17. The molecule has 0 unspecified atom stereocenters. The maximum absolute atomic E-state index is 12.8. The van der Waals surface area contributed by atoms with Crippen LogP contribution in [0.1, 0.15) is 25.5 Å². The molecule has 0 bridgehead atoms. The number of hydrogen-bond acceptors (Lipinski definition) is 11. The molecule has 202 valence electrons. The van der Waals surface area contributed by atoms with Crippen LogP contribution >= 0.6 is 23.5 Å². The number of carbonyl (C=O) groups excluding carboxylic acids is 2. The van der Waals surface area contributed by atoms with Crippen molar-refractivity contribution in [3.63, 3.8) is 0 Å². The Labute approximate surface area is 277 Å². The zero-order valence-corrected chi connectivity index (χ0v) is 28.0. The minimum atomic E-state index is -4.40. The first-order valence-electron chi connectivity index (χ1n) is 10.8. The number of β-lactam (4-membered cyclic amide) rings is 1. The molecular formula is C20H24N6Na2O8S3. The Kier molecular flexibility index (Phi) is 14.7. The van der Waals surface area contributed by atoms with Crippen molar-refractivity contribution in [1.82, 2.24) is 30.4 Å². The quantitative estimate of drug-likeness (QED) is 0.119. The number of carboxylic acid groups (broad SMARTS) is 1. The van der Waals surface area contributed by atoms with E-state index in [9.17, 15) is 33.0 Å². The Morgan fingerprint density at radius 1 is 1.23 bits per heavy atom. The summed E-state index contributed by atoms with van der Waals surface area (Å²) in [7, 11) is -4.40. The van der Waals surface area contributed by atoms with E-state index in [-0.39, 0.29) is 81.5 Å². The van der Waals surface area contributed by atoms with Gasteiger partial charge in [0.1, 0.15) is 17.1 Å². The molecular weight excluding hydrogens is 594 g/mol. The molecule has 19 heteroatoms. The molecule has 1 saturated heterocycles. The minimum Gasteiger partial charge on any atom is -0.477 e. The normalized spacial score (nSPS) is 18.8. The summed E-state index contributed by atoms with van der Waals surface area (Å²) in [5.74, 6) is -3.39. The third-order valence-electron chi connectivity index (χ3n) is 5.07. The van der Waals surface area contributed by atoms with Gasteiger partial charge in [-0.15, -0.1) is 16.9 Å². The Morgan fingerprint density at radius 3 is 2.46 bits per heavy atom. The van der Waals surface area contributed by atoms with Gasteiger partial charge in [0.15, 0.2) is 12.0 Å². The van der Waals surface area contributed by atoms with Crippen molar-refractivity contribution in [2.45, 2.75) is 42.4 Å². The van der Waals surface area contributed by atoms with Gasteiger partial charge in [-0.05, 0) is 21.6 Å². The van der Waals surface area contributed by atoms with Crippen LogP contribution in [0.15, 0.2) is 46.8 Å². The third kappa shape index (κ3) is 8.75. The van der Waals surface area contributed by atoms with Crippen LogP contribution in [0.5, 0.6) is 0 Å². The Bertz CT molecular complexity index is 1310. The van der Waals surface area contributed by atoms with Gasteiger partial charge in [-0.25, -0.2) is 9.48 Å². The zero-order chi connectivity index (χ0) is 27.3. The standard InChI is InChI=1S/C18H18N6O8S3.C2H6.2Na/c25-13(9-4-2-1-3-5-9)14(26)19-11-15(27)24-12(17(28)29)10(6-33-16(11)24)7-34-18-20-21-22-23(18)8-35(30,31)32;1-2;;/h1-5,11,13,16,25H,6-8H2,(H,19,26)(H,28,29)(H,30,31,32);1-2H3;;/t11-,13-,16-;;;/m1.../s1. The SMILES string of the molecule is CC.O=C(O)C1=C(CSc2nnnn2CS(=O)(=O)O)CS[C@@H]2[C@H](NC(=O)[C@H](O)c3ccccc3)C(=O)N12.[Na].[Na]. The molecule has 0 spiro atoms. The molecule has 1 aromatic heterocycles. The second-order valence-corrected chi connectivity index (χ2v) is 10.9. The fourth-order valence-electron chi connectivity index (χ4n) is 3.50. The first-order chi connectivity index (χ1) is 17.6. The molecule has 2 amide bonds. The molecule has 4 N–H and O–H groups in total. The summed E-state index contributed by atoms with van der Waals surface area (Å²) in [4.78, 5) is 38.3. The number of thioether (sulfide) groups is 2. The summed E-state index contributed by atoms with van der Waals surface area (Å²) in [5, 5.41) is 32.4. The smallest absolute Gasteiger partial charge is 0.352 e. The van der Waals surface area contributed by atoms with Gasteiger partial charge in [-0.2, -0.15) is 8.42 Å². The number of carbonyl (C=O) groups is 3. The average molecular weight is 619 g/mol. The van der Waals surface area contributed by atoms with Gasteiger partial charge < -0.3 is 15.5 Å². The van der Waals surface area contributed by atoms with Crippen molar-refractivity contribution in [1.29, 1.82) is 0 Å². The summed E-state index contributed by atoms with van der Waals surface area (Å²) in [6, 6.07) is 7.17. The monoisotopic (exact) mass is 618 g/mol. The summed E-state index contributed by atoms with van der Waals surface area (Å²) in [5.41, 5.74) is 0.480. The van der Waals surface area contributed by atoms with E-state index in [1.54, 1.807) is 30.3 Å². The molecule has 39 heavy (non-hydrogen) atoms. The average Bonchev–Trinajstić information content (AvgIpc) is 3.31.